The van der Waals surface area contributed by atoms with Crippen LogP contribution in [0.5, 0.6) is 11.5 Å². The van der Waals surface area contributed by atoms with Crippen molar-refractivity contribution in [1.82, 2.24) is 19.8 Å². The lowest BCUT2D eigenvalue weighted by Crippen LogP contribution is -2.27. The maximum Gasteiger partial charge on any atom is 0.311 e. The summed E-state index contributed by atoms with van der Waals surface area (Å²) in [4.78, 5) is 14.0. The van der Waals surface area contributed by atoms with Crippen molar-refractivity contribution in [1.29, 1.82) is 0 Å². The minimum Gasteiger partial charge on any atom is -0.493 e. The SMILES string of the molecule is COc1ccc(CCNS(=O)(=O)c2cc(-c3nnc(C(=O)N4CCCC4)o3)cs2)cc1OC. The number of methoxy groups -OCH3 is 2. The number of ether oxygens (including phenoxy) is 2. The molecule has 1 saturated heterocycles. The number of rotatable bonds is 9. The van der Waals surface area contributed by atoms with Gasteiger partial charge in [0, 0.05) is 25.0 Å². The number of nitrogens with zero attached hydrogens (tertiary/aromatic N) is 3. The Kier molecular flexibility index (Phi) is 6.96. The van der Waals surface area contributed by atoms with E-state index in [2.05, 4.69) is 14.9 Å². The van der Waals surface area contributed by atoms with Crippen molar-refractivity contribution in [3.05, 3.63) is 41.1 Å². The number of nitrogens with one attached hydrogen (secondary N) is 1. The summed E-state index contributed by atoms with van der Waals surface area (Å²) in [6.45, 7) is 1.55. The second-order valence-corrected chi connectivity index (χ2v) is 10.3. The predicted molar refractivity (Wildman–Crippen MR) is 121 cm³/mol. The summed E-state index contributed by atoms with van der Waals surface area (Å²) in [5.74, 6) is 0.921. The van der Waals surface area contributed by atoms with E-state index < -0.39 is 10.0 Å². The molecule has 0 radical (unpaired) electrons. The average Bonchev–Trinajstić information content (AvgIpc) is 3.59. The third kappa shape index (κ3) is 5.18. The second-order valence-electron chi connectivity index (χ2n) is 7.40. The lowest BCUT2D eigenvalue weighted by Gasteiger charge is -2.11. The number of likely N-dealkylation sites (tertiary alicyclic amines) is 1. The Morgan fingerprint density at radius 3 is 2.64 bits per heavy atom. The topological polar surface area (TPSA) is 124 Å². The van der Waals surface area contributed by atoms with Gasteiger partial charge in [0.2, 0.25) is 15.9 Å². The zero-order chi connectivity index (χ0) is 23.4. The quantitative estimate of drug-likeness (QED) is 0.483. The fourth-order valence-corrected chi connectivity index (χ4v) is 5.72. The van der Waals surface area contributed by atoms with Crippen LogP contribution in [0, 0.1) is 0 Å². The number of thiophene rings is 1. The van der Waals surface area contributed by atoms with Crippen LogP contribution in [0.4, 0.5) is 0 Å². The van der Waals surface area contributed by atoms with Gasteiger partial charge in [-0.05, 0) is 43.0 Å². The highest BCUT2D eigenvalue weighted by atomic mass is 32.2. The molecule has 1 aromatic carbocycles. The highest BCUT2D eigenvalue weighted by Gasteiger charge is 2.25. The van der Waals surface area contributed by atoms with Gasteiger partial charge in [-0.15, -0.1) is 21.5 Å². The second kappa shape index (κ2) is 9.89. The molecule has 3 aromatic rings. The van der Waals surface area contributed by atoms with Gasteiger partial charge in [-0.2, -0.15) is 0 Å². The Morgan fingerprint density at radius 1 is 1.15 bits per heavy atom. The summed E-state index contributed by atoms with van der Waals surface area (Å²) >= 11 is 1.04. The zero-order valence-corrected chi connectivity index (χ0v) is 19.9. The van der Waals surface area contributed by atoms with E-state index in [1.54, 1.807) is 30.6 Å². The van der Waals surface area contributed by atoms with Crippen molar-refractivity contribution < 1.29 is 27.1 Å². The molecule has 2 aromatic heterocycles. The molecule has 4 rings (SSSR count). The number of benzene rings is 1. The number of carbonyl (C=O) groups is 1. The molecule has 12 heteroatoms. The highest BCUT2D eigenvalue weighted by molar-refractivity contribution is 7.91. The molecule has 33 heavy (non-hydrogen) atoms. The predicted octanol–water partition coefficient (Wildman–Crippen LogP) is 2.57. The van der Waals surface area contributed by atoms with Crippen LogP contribution >= 0.6 is 11.3 Å². The number of aromatic nitrogens is 2. The molecule has 1 N–H and O–H groups in total. The van der Waals surface area contributed by atoms with Gasteiger partial charge in [-0.3, -0.25) is 4.79 Å². The summed E-state index contributed by atoms with van der Waals surface area (Å²) < 4.78 is 44.1. The minimum absolute atomic E-state index is 0.0875. The number of hydrogen-bond donors (Lipinski definition) is 1. The number of carbonyl (C=O) groups excluding carboxylic acids is 1. The van der Waals surface area contributed by atoms with E-state index in [1.807, 2.05) is 12.1 Å². The van der Waals surface area contributed by atoms with Crippen molar-refractivity contribution in [2.75, 3.05) is 33.9 Å². The Hall–Kier alpha value is -2.96. The molecular weight excluding hydrogens is 468 g/mol. The molecule has 176 valence electrons. The Morgan fingerprint density at radius 2 is 1.91 bits per heavy atom. The molecule has 1 aliphatic rings. The number of amides is 1. The maximum atomic E-state index is 12.7. The van der Waals surface area contributed by atoms with Gasteiger partial charge in [-0.1, -0.05) is 6.07 Å². The lowest BCUT2D eigenvalue weighted by atomic mass is 10.1. The molecule has 0 unspecified atom stereocenters. The summed E-state index contributed by atoms with van der Waals surface area (Å²) in [6.07, 6.45) is 2.39. The Bertz CT molecular complexity index is 1230. The van der Waals surface area contributed by atoms with Crippen molar-refractivity contribution in [2.45, 2.75) is 23.5 Å². The summed E-state index contributed by atoms with van der Waals surface area (Å²) in [5.41, 5.74) is 1.36. The summed E-state index contributed by atoms with van der Waals surface area (Å²) in [5, 5.41) is 9.35. The molecule has 1 aliphatic heterocycles. The van der Waals surface area contributed by atoms with Gasteiger partial charge in [0.1, 0.15) is 4.21 Å². The minimum atomic E-state index is -3.72. The van der Waals surface area contributed by atoms with Crippen molar-refractivity contribution in [2.24, 2.45) is 0 Å². The van der Waals surface area contributed by atoms with Crippen LogP contribution in [0.3, 0.4) is 0 Å². The van der Waals surface area contributed by atoms with Crippen LogP contribution in [0.2, 0.25) is 0 Å². The van der Waals surface area contributed by atoms with Crippen LogP contribution in [0.15, 0.2) is 38.3 Å². The van der Waals surface area contributed by atoms with E-state index in [0.717, 1.165) is 29.7 Å². The Labute approximate surface area is 195 Å². The van der Waals surface area contributed by atoms with Crippen LogP contribution < -0.4 is 14.2 Å². The first-order valence-electron chi connectivity index (χ1n) is 10.3. The van der Waals surface area contributed by atoms with Gasteiger partial charge in [0.25, 0.3) is 0 Å². The van der Waals surface area contributed by atoms with Gasteiger partial charge in [0.15, 0.2) is 11.5 Å². The summed E-state index contributed by atoms with van der Waals surface area (Å²) in [6, 6.07) is 6.91. The average molecular weight is 493 g/mol. The molecule has 3 heterocycles. The molecule has 0 saturated carbocycles. The first-order valence-corrected chi connectivity index (χ1v) is 12.7. The number of hydrogen-bond acceptors (Lipinski definition) is 9. The van der Waals surface area contributed by atoms with Crippen LogP contribution in [0.25, 0.3) is 11.5 Å². The van der Waals surface area contributed by atoms with Crippen LogP contribution in [-0.4, -0.2) is 63.3 Å². The number of sulfonamides is 1. The Balaban J connectivity index is 1.39. The molecular formula is C21H24N4O6S2. The van der Waals surface area contributed by atoms with Crippen molar-refractivity contribution in [3.8, 4) is 23.0 Å². The van der Waals surface area contributed by atoms with E-state index in [4.69, 9.17) is 13.9 Å². The normalized spacial score (nSPS) is 13.9. The molecule has 0 spiro atoms. The van der Waals surface area contributed by atoms with Gasteiger partial charge in [0.05, 0.1) is 19.8 Å². The van der Waals surface area contributed by atoms with E-state index in [1.165, 1.54) is 6.07 Å². The van der Waals surface area contributed by atoms with E-state index in [0.29, 0.717) is 36.6 Å². The maximum absolute atomic E-state index is 12.7. The summed E-state index contributed by atoms with van der Waals surface area (Å²) in [7, 11) is -0.615. The van der Waals surface area contributed by atoms with Gasteiger partial charge >= 0.3 is 11.8 Å². The first-order chi connectivity index (χ1) is 15.9. The van der Waals surface area contributed by atoms with Crippen molar-refractivity contribution >= 4 is 27.3 Å². The molecule has 0 atom stereocenters. The zero-order valence-electron chi connectivity index (χ0n) is 18.2. The van der Waals surface area contributed by atoms with E-state index in [9.17, 15) is 13.2 Å². The monoisotopic (exact) mass is 492 g/mol. The fraction of sp³-hybridized carbons (Fsp3) is 0.381. The third-order valence-corrected chi connectivity index (χ3v) is 8.14. The van der Waals surface area contributed by atoms with Crippen LogP contribution in [-0.2, 0) is 16.4 Å². The molecule has 1 fully saturated rings. The third-order valence-electron chi connectivity index (χ3n) is 5.24. The first kappa shape index (κ1) is 23.2. The molecule has 0 bridgehead atoms. The van der Waals surface area contributed by atoms with E-state index >= 15 is 0 Å². The smallest absolute Gasteiger partial charge is 0.311 e. The highest BCUT2D eigenvalue weighted by Crippen LogP contribution is 2.29. The van der Waals surface area contributed by atoms with Crippen LogP contribution in [0.1, 0.15) is 29.1 Å². The molecule has 10 nitrogen and oxygen atoms in total. The van der Waals surface area contributed by atoms with Crippen molar-refractivity contribution in [3.63, 3.8) is 0 Å². The van der Waals surface area contributed by atoms with E-state index in [-0.39, 0.29) is 28.4 Å². The molecule has 0 aliphatic carbocycles. The van der Waals surface area contributed by atoms with Gasteiger partial charge < -0.3 is 18.8 Å². The standard InChI is InChI=1S/C21H24N4O6S2/c1-29-16-6-5-14(11-17(16)30-2)7-8-22-33(27,28)18-12-15(13-32-18)19-23-24-20(31-19)21(26)25-9-3-4-10-25/h5-6,11-13,22H,3-4,7-10H2,1-2H3. The lowest BCUT2D eigenvalue weighted by molar-refractivity contribution is 0.0754. The fourth-order valence-electron chi connectivity index (χ4n) is 3.49. The van der Waals surface area contributed by atoms with Gasteiger partial charge in [-0.25, -0.2) is 13.1 Å². The largest absolute Gasteiger partial charge is 0.493 e. The molecule has 1 amide bonds.